The maximum atomic E-state index is 12.5. The van der Waals surface area contributed by atoms with Crippen LogP contribution < -0.4 is 10.0 Å². The summed E-state index contributed by atoms with van der Waals surface area (Å²) >= 11 is 0. The molecular weight excluding hydrogens is 354 g/mol. The van der Waals surface area contributed by atoms with Crippen LogP contribution >= 0.6 is 0 Å². The Morgan fingerprint density at radius 2 is 1.92 bits per heavy atom. The molecule has 26 heavy (non-hydrogen) atoms. The molecule has 0 aromatic heterocycles. The third-order valence-corrected chi connectivity index (χ3v) is 7.88. The van der Waals surface area contributed by atoms with Crippen molar-refractivity contribution in [1.82, 2.24) is 19.2 Å². The van der Waals surface area contributed by atoms with Crippen LogP contribution in [0.4, 0.5) is 0 Å². The molecule has 2 bridgehead atoms. The first-order chi connectivity index (χ1) is 12.2. The zero-order chi connectivity index (χ0) is 19.0. The van der Waals surface area contributed by atoms with Crippen LogP contribution in [-0.4, -0.2) is 67.8 Å². The fourth-order valence-corrected chi connectivity index (χ4v) is 5.81. The smallest absolute Gasteiger partial charge is 0.279 e. The van der Waals surface area contributed by atoms with Crippen molar-refractivity contribution in [3.8, 4) is 6.07 Å². The van der Waals surface area contributed by atoms with Gasteiger partial charge in [-0.1, -0.05) is 0 Å². The van der Waals surface area contributed by atoms with Gasteiger partial charge in [0.15, 0.2) is 0 Å². The summed E-state index contributed by atoms with van der Waals surface area (Å²) in [5.74, 6) is -0.0274. The summed E-state index contributed by atoms with van der Waals surface area (Å²) in [6.45, 7) is 0.868. The van der Waals surface area contributed by atoms with E-state index in [0.29, 0.717) is 13.0 Å². The van der Waals surface area contributed by atoms with Crippen molar-refractivity contribution in [3.63, 3.8) is 0 Å². The number of carbonyl (C=O) groups excluding carboxylic acids is 1. The summed E-state index contributed by atoms with van der Waals surface area (Å²) < 4.78 is 28.7. The standard InChI is InChI=1S/C17H29N5O3S/c1-21(2)26(24,25)20-17-7-4-6-16(13-17,8-9-17)19-12-15(23)22-10-3-5-14(22)11-18/h14,19-20H,3-10,12-13H2,1-2H3. The molecule has 2 N–H and O–H groups in total. The Bertz CT molecular complexity index is 704. The van der Waals surface area contributed by atoms with E-state index >= 15 is 0 Å². The molecule has 8 nitrogen and oxygen atoms in total. The first-order valence-corrected chi connectivity index (χ1v) is 10.8. The number of hydrogen-bond donors (Lipinski definition) is 2. The molecule has 3 unspecified atom stereocenters. The predicted octanol–water partition coefficient (Wildman–Crippen LogP) is 0.332. The fourth-order valence-electron chi connectivity index (χ4n) is 4.80. The van der Waals surface area contributed by atoms with Gasteiger partial charge in [0.1, 0.15) is 6.04 Å². The molecule has 3 rings (SSSR count). The number of carbonyl (C=O) groups is 1. The van der Waals surface area contributed by atoms with Crippen molar-refractivity contribution in [2.75, 3.05) is 27.2 Å². The average Bonchev–Trinajstić information content (AvgIpc) is 3.15. The fraction of sp³-hybridized carbons (Fsp3) is 0.882. The van der Waals surface area contributed by atoms with Crippen LogP contribution in [0.3, 0.4) is 0 Å². The highest BCUT2D eigenvalue weighted by Crippen LogP contribution is 2.48. The highest BCUT2D eigenvalue weighted by atomic mass is 32.2. The number of nitriles is 1. The number of rotatable bonds is 6. The highest BCUT2D eigenvalue weighted by molar-refractivity contribution is 7.87. The Kier molecular flexibility index (Phi) is 5.32. The predicted molar refractivity (Wildman–Crippen MR) is 97.3 cm³/mol. The van der Waals surface area contributed by atoms with Crippen LogP contribution in [0.1, 0.15) is 51.4 Å². The Hall–Kier alpha value is -1.21. The largest absolute Gasteiger partial charge is 0.326 e. The lowest BCUT2D eigenvalue weighted by Gasteiger charge is -2.41. The molecule has 1 saturated heterocycles. The Morgan fingerprint density at radius 1 is 1.23 bits per heavy atom. The van der Waals surface area contributed by atoms with Gasteiger partial charge in [-0.3, -0.25) is 4.79 Å². The molecule has 0 radical (unpaired) electrons. The van der Waals surface area contributed by atoms with Gasteiger partial charge in [0.2, 0.25) is 5.91 Å². The molecule has 1 heterocycles. The van der Waals surface area contributed by atoms with Crippen LogP contribution in [0.15, 0.2) is 0 Å². The van der Waals surface area contributed by atoms with Crippen molar-refractivity contribution in [2.24, 2.45) is 0 Å². The zero-order valence-corrected chi connectivity index (χ0v) is 16.4. The molecule has 2 saturated carbocycles. The van der Waals surface area contributed by atoms with Crippen molar-refractivity contribution >= 4 is 16.1 Å². The monoisotopic (exact) mass is 383 g/mol. The first-order valence-electron chi connectivity index (χ1n) is 9.37. The maximum Gasteiger partial charge on any atom is 0.279 e. The van der Waals surface area contributed by atoms with E-state index in [1.165, 1.54) is 18.4 Å². The summed E-state index contributed by atoms with van der Waals surface area (Å²) in [4.78, 5) is 14.2. The summed E-state index contributed by atoms with van der Waals surface area (Å²) in [5, 5.41) is 12.6. The normalized spacial score (nSPS) is 34.2. The van der Waals surface area contributed by atoms with E-state index in [1.807, 2.05) is 0 Å². The van der Waals surface area contributed by atoms with E-state index in [9.17, 15) is 13.2 Å². The quantitative estimate of drug-likeness (QED) is 0.688. The van der Waals surface area contributed by atoms with Crippen LogP contribution in [0.25, 0.3) is 0 Å². The summed E-state index contributed by atoms with van der Waals surface area (Å²) in [7, 11) is -0.418. The summed E-state index contributed by atoms with van der Waals surface area (Å²) in [5.41, 5.74) is -0.606. The highest BCUT2D eigenvalue weighted by Gasteiger charge is 2.52. The van der Waals surface area contributed by atoms with Crippen molar-refractivity contribution in [2.45, 2.75) is 68.5 Å². The minimum atomic E-state index is -3.48. The van der Waals surface area contributed by atoms with E-state index in [4.69, 9.17) is 5.26 Å². The van der Waals surface area contributed by atoms with Gasteiger partial charge in [-0.05, 0) is 51.4 Å². The molecule has 2 aliphatic carbocycles. The molecule has 3 atom stereocenters. The second-order valence-corrected chi connectivity index (χ2v) is 10.1. The molecule has 1 amide bonds. The molecule has 0 aromatic rings. The number of fused-ring (bicyclic) bond motifs is 2. The van der Waals surface area contributed by atoms with Crippen LogP contribution in [0.2, 0.25) is 0 Å². The van der Waals surface area contributed by atoms with Gasteiger partial charge in [-0.2, -0.15) is 22.7 Å². The minimum absolute atomic E-state index is 0.0274. The van der Waals surface area contributed by atoms with Crippen LogP contribution in [-0.2, 0) is 15.0 Å². The van der Waals surface area contributed by atoms with Crippen LogP contribution in [0, 0.1) is 11.3 Å². The van der Waals surface area contributed by atoms with E-state index in [0.717, 1.165) is 44.9 Å². The van der Waals surface area contributed by atoms with Gasteiger partial charge in [0.25, 0.3) is 10.2 Å². The zero-order valence-electron chi connectivity index (χ0n) is 15.6. The third-order valence-electron chi connectivity index (χ3n) is 6.23. The average molecular weight is 384 g/mol. The minimum Gasteiger partial charge on any atom is -0.326 e. The van der Waals surface area contributed by atoms with Gasteiger partial charge < -0.3 is 10.2 Å². The topological polar surface area (TPSA) is 106 Å². The number of hydrogen-bond acceptors (Lipinski definition) is 5. The lowest BCUT2D eigenvalue weighted by molar-refractivity contribution is -0.130. The third kappa shape index (κ3) is 3.74. The SMILES string of the molecule is CN(C)S(=O)(=O)NC12CCCC(NCC(=O)N3CCCC3C#N)(CC1)C2. The molecular formula is C17H29N5O3S. The molecule has 0 aromatic carbocycles. The molecule has 1 aliphatic heterocycles. The van der Waals surface area contributed by atoms with Gasteiger partial charge in [-0.15, -0.1) is 0 Å². The second kappa shape index (κ2) is 7.08. The second-order valence-electron chi connectivity index (χ2n) is 8.21. The number of nitrogens with zero attached hydrogens (tertiary/aromatic N) is 3. The number of nitrogens with one attached hydrogen (secondary N) is 2. The van der Waals surface area contributed by atoms with Crippen LogP contribution in [0.5, 0.6) is 0 Å². The van der Waals surface area contributed by atoms with Gasteiger partial charge in [0.05, 0.1) is 12.6 Å². The van der Waals surface area contributed by atoms with Crippen molar-refractivity contribution in [1.29, 1.82) is 5.26 Å². The summed E-state index contributed by atoms with van der Waals surface area (Å²) in [6, 6.07) is 1.90. The van der Waals surface area contributed by atoms with E-state index in [-0.39, 0.29) is 24.0 Å². The molecule has 9 heteroatoms. The molecule has 146 valence electrons. The molecule has 3 fully saturated rings. The Labute approximate surface area is 156 Å². The summed E-state index contributed by atoms with van der Waals surface area (Å²) in [6.07, 6.45) is 6.70. The molecule has 3 aliphatic rings. The number of amides is 1. The van der Waals surface area contributed by atoms with Crippen molar-refractivity contribution in [3.05, 3.63) is 0 Å². The Balaban J connectivity index is 1.63. The lowest BCUT2D eigenvalue weighted by atomic mass is 9.79. The van der Waals surface area contributed by atoms with E-state index < -0.39 is 15.7 Å². The molecule has 0 spiro atoms. The van der Waals surface area contributed by atoms with E-state index in [1.54, 1.807) is 4.90 Å². The lowest BCUT2D eigenvalue weighted by Crippen LogP contribution is -2.57. The van der Waals surface area contributed by atoms with Crippen molar-refractivity contribution < 1.29 is 13.2 Å². The number of likely N-dealkylation sites (tertiary alicyclic amines) is 1. The van der Waals surface area contributed by atoms with E-state index in [2.05, 4.69) is 16.1 Å². The van der Waals surface area contributed by atoms with Gasteiger partial charge in [0, 0.05) is 31.7 Å². The van der Waals surface area contributed by atoms with Gasteiger partial charge in [-0.25, -0.2) is 0 Å². The maximum absolute atomic E-state index is 12.5. The first kappa shape index (κ1) is 19.5. The van der Waals surface area contributed by atoms with Gasteiger partial charge >= 0.3 is 0 Å². The Morgan fingerprint density at radius 3 is 2.62 bits per heavy atom.